The van der Waals surface area contributed by atoms with Crippen molar-refractivity contribution in [3.63, 3.8) is 0 Å². The van der Waals surface area contributed by atoms with E-state index < -0.39 is 0 Å². The van der Waals surface area contributed by atoms with Crippen LogP contribution in [0.25, 0.3) is 0 Å². The molecule has 0 aliphatic carbocycles. The van der Waals surface area contributed by atoms with Gasteiger partial charge in [0.2, 0.25) is 5.12 Å². The normalized spacial score (nSPS) is 10.2. The van der Waals surface area contributed by atoms with Crippen molar-refractivity contribution >= 4 is 16.9 Å². The number of thioether (sulfide) groups is 1. The van der Waals surface area contributed by atoms with E-state index in [9.17, 15) is 4.79 Å². The zero-order valence-electron chi connectivity index (χ0n) is 9.94. The molecule has 17 heavy (non-hydrogen) atoms. The molecule has 0 aromatic heterocycles. The summed E-state index contributed by atoms with van der Waals surface area (Å²) in [5.41, 5.74) is 2.96. The number of carbonyl (C=O) groups is 1. The Morgan fingerprint density at radius 3 is 2.12 bits per heavy atom. The van der Waals surface area contributed by atoms with Crippen LogP contribution in [0.3, 0.4) is 0 Å². The van der Waals surface area contributed by atoms with Crippen molar-refractivity contribution in [3.05, 3.63) is 65.2 Å². The van der Waals surface area contributed by atoms with Gasteiger partial charge in [-0.3, -0.25) is 4.79 Å². The van der Waals surface area contributed by atoms with Gasteiger partial charge in [-0.25, -0.2) is 0 Å². The Morgan fingerprint density at radius 2 is 1.47 bits per heavy atom. The van der Waals surface area contributed by atoms with E-state index in [-0.39, 0.29) is 5.12 Å². The second-order valence-corrected chi connectivity index (χ2v) is 4.98. The molecule has 0 aliphatic heterocycles. The van der Waals surface area contributed by atoms with Gasteiger partial charge in [0.25, 0.3) is 0 Å². The van der Waals surface area contributed by atoms with Gasteiger partial charge in [0.1, 0.15) is 0 Å². The van der Waals surface area contributed by atoms with Gasteiger partial charge in [-0.1, -0.05) is 42.5 Å². The van der Waals surface area contributed by atoms with E-state index in [1.165, 1.54) is 11.8 Å². The number of hydrogen-bond donors (Lipinski definition) is 0. The molecular formula is C15H14OS. The lowest BCUT2D eigenvalue weighted by Crippen LogP contribution is -1.96. The summed E-state index contributed by atoms with van der Waals surface area (Å²) in [7, 11) is 0. The average Bonchev–Trinajstić information content (AvgIpc) is 2.32. The first-order valence-electron chi connectivity index (χ1n) is 5.52. The summed E-state index contributed by atoms with van der Waals surface area (Å²) in [6.45, 7) is 3.99. The summed E-state index contributed by atoms with van der Waals surface area (Å²) >= 11 is 1.30. The molecule has 2 aromatic carbocycles. The van der Waals surface area contributed by atoms with Gasteiger partial charge in [-0.05, 0) is 42.8 Å². The standard InChI is InChI=1S/C15H14OS/c1-11-7-3-5-9-13(11)15(16)17-14-10-6-4-8-12(14)2/h3-10H,1-2H3. The third-order valence-electron chi connectivity index (χ3n) is 2.66. The molecule has 0 N–H and O–H groups in total. The first-order chi connectivity index (χ1) is 8.18. The van der Waals surface area contributed by atoms with Gasteiger partial charge < -0.3 is 0 Å². The second-order valence-electron chi connectivity index (χ2n) is 3.97. The molecule has 0 saturated carbocycles. The monoisotopic (exact) mass is 242 g/mol. The summed E-state index contributed by atoms with van der Waals surface area (Å²) in [5, 5.41) is 0.109. The van der Waals surface area contributed by atoms with Gasteiger partial charge >= 0.3 is 0 Å². The predicted molar refractivity (Wildman–Crippen MR) is 72.5 cm³/mol. The maximum absolute atomic E-state index is 12.2. The largest absolute Gasteiger partial charge is 0.281 e. The Kier molecular flexibility index (Phi) is 3.64. The molecule has 0 saturated heterocycles. The smallest absolute Gasteiger partial charge is 0.224 e. The predicted octanol–water partition coefficient (Wildman–Crippen LogP) is 4.24. The van der Waals surface area contributed by atoms with E-state index in [2.05, 4.69) is 0 Å². The molecular weight excluding hydrogens is 228 g/mol. The molecule has 0 radical (unpaired) electrons. The summed E-state index contributed by atoms with van der Waals surface area (Å²) < 4.78 is 0. The van der Waals surface area contributed by atoms with Crippen LogP contribution in [-0.4, -0.2) is 5.12 Å². The topological polar surface area (TPSA) is 17.1 Å². The summed E-state index contributed by atoms with van der Waals surface area (Å²) in [5.74, 6) is 0. The zero-order chi connectivity index (χ0) is 12.3. The number of benzene rings is 2. The fourth-order valence-electron chi connectivity index (χ4n) is 1.63. The fraction of sp³-hybridized carbons (Fsp3) is 0.133. The second kappa shape index (κ2) is 5.19. The van der Waals surface area contributed by atoms with E-state index in [0.29, 0.717) is 0 Å². The summed E-state index contributed by atoms with van der Waals surface area (Å²) in [6, 6.07) is 15.6. The lowest BCUT2D eigenvalue weighted by atomic mass is 10.1. The van der Waals surface area contributed by atoms with Gasteiger partial charge in [0.15, 0.2) is 0 Å². The quantitative estimate of drug-likeness (QED) is 0.733. The van der Waals surface area contributed by atoms with Crippen molar-refractivity contribution in [2.75, 3.05) is 0 Å². The van der Waals surface area contributed by atoms with Crippen molar-refractivity contribution in [1.82, 2.24) is 0 Å². The molecule has 0 fully saturated rings. The molecule has 1 nitrogen and oxygen atoms in total. The summed E-state index contributed by atoms with van der Waals surface area (Å²) in [4.78, 5) is 13.2. The first-order valence-corrected chi connectivity index (χ1v) is 6.33. The highest BCUT2D eigenvalue weighted by Gasteiger charge is 2.11. The molecule has 0 aliphatic rings. The van der Waals surface area contributed by atoms with E-state index in [4.69, 9.17) is 0 Å². The van der Waals surface area contributed by atoms with E-state index >= 15 is 0 Å². The lowest BCUT2D eigenvalue weighted by Gasteiger charge is -2.06. The Hall–Kier alpha value is -1.54. The lowest BCUT2D eigenvalue weighted by molar-refractivity contribution is 0.108. The molecule has 0 amide bonds. The highest BCUT2D eigenvalue weighted by Crippen LogP contribution is 2.26. The van der Waals surface area contributed by atoms with Crippen LogP contribution in [0.5, 0.6) is 0 Å². The Labute approximate surface area is 106 Å². The zero-order valence-corrected chi connectivity index (χ0v) is 10.8. The van der Waals surface area contributed by atoms with Gasteiger partial charge in [0.05, 0.1) is 0 Å². The summed E-state index contributed by atoms with van der Waals surface area (Å²) in [6.07, 6.45) is 0. The van der Waals surface area contributed by atoms with Crippen LogP contribution in [0.1, 0.15) is 21.5 Å². The van der Waals surface area contributed by atoms with Crippen molar-refractivity contribution in [1.29, 1.82) is 0 Å². The maximum Gasteiger partial charge on any atom is 0.224 e. The minimum atomic E-state index is 0.109. The van der Waals surface area contributed by atoms with E-state index in [0.717, 1.165) is 21.6 Å². The van der Waals surface area contributed by atoms with Gasteiger partial charge in [-0.15, -0.1) is 0 Å². The van der Waals surface area contributed by atoms with Crippen LogP contribution in [0.4, 0.5) is 0 Å². The number of carbonyl (C=O) groups excluding carboxylic acids is 1. The molecule has 86 valence electrons. The highest BCUT2D eigenvalue weighted by atomic mass is 32.2. The Balaban J connectivity index is 2.24. The van der Waals surface area contributed by atoms with Crippen molar-refractivity contribution in [2.24, 2.45) is 0 Å². The van der Waals surface area contributed by atoms with Crippen LogP contribution < -0.4 is 0 Å². The van der Waals surface area contributed by atoms with Crippen LogP contribution in [-0.2, 0) is 0 Å². The molecule has 0 spiro atoms. The maximum atomic E-state index is 12.2. The third-order valence-corrected chi connectivity index (χ3v) is 3.74. The Bertz CT molecular complexity index is 546. The average molecular weight is 242 g/mol. The first kappa shape index (κ1) is 11.9. The van der Waals surface area contributed by atoms with Gasteiger partial charge in [0, 0.05) is 10.5 Å². The third kappa shape index (κ3) is 2.77. The van der Waals surface area contributed by atoms with Crippen molar-refractivity contribution in [3.8, 4) is 0 Å². The Morgan fingerprint density at radius 1 is 0.882 bits per heavy atom. The van der Waals surface area contributed by atoms with Crippen LogP contribution in [0.2, 0.25) is 0 Å². The van der Waals surface area contributed by atoms with Gasteiger partial charge in [-0.2, -0.15) is 0 Å². The SMILES string of the molecule is Cc1ccccc1SC(=O)c1ccccc1C. The van der Waals surface area contributed by atoms with Crippen molar-refractivity contribution < 1.29 is 4.79 Å². The minimum Gasteiger partial charge on any atom is -0.281 e. The minimum absolute atomic E-state index is 0.109. The van der Waals surface area contributed by atoms with Crippen LogP contribution in [0.15, 0.2) is 53.4 Å². The molecule has 2 aromatic rings. The number of aryl methyl sites for hydroxylation is 2. The number of rotatable bonds is 2. The molecule has 0 atom stereocenters. The molecule has 0 unspecified atom stereocenters. The number of hydrogen-bond acceptors (Lipinski definition) is 2. The van der Waals surface area contributed by atoms with Crippen molar-refractivity contribution in [2.45, 2.75) is 18.7 Å². The molecule has 2 heteroatoms. The highest BCUT2D eigenvalue weighted by molar-refractivity contribution is 8.14. The van der Waals surface area contributed by atoms with E-state index in [1.54, 1.807) is 0 Å². The molecule has 0 bridgehead atoms. The fourth-order valence-corrected chi connectivity index (χ4v) is 2.54. The van der Waals surface area contributed by atoms with E-state index in [1.807, 2.05) is 62.4 Å². The molecule has 0 heterocycles. The van der Waals surface area contributed by atoms with Crippen LogP contribution >= 0.6 is 11.8 Å². The molecule has 2 rings (SSSR count). The van der Waals surface area contributed by atoms with Crippen LogP contribution in [0, 0.1) is 13.8 Å².